The van der Waals surface area contributed by atoms with Crippen LogP contribution in [0.3, 0.4) is 0 Å². The number of rotatable bonds is 8. The summed E-state index contributed by atoms with van der Waals surface area (Å²) in [5, 5.41) is 0. The number of anilines is 2. The average molecular weight is 333 g/mol. The Hall–Kier alpha value is -1.18. The summed E-state index contributed by atoms with van der Waals surface area (Å²) in [6.45, 7) is 18.5. The second kappa shape index (κ2) is 7.80. The molecule has 2 heteroatoms. The quantitative estimate of drug-likeness (QED) is 0.550. The summed E-state index contributed by atoms with van der Waals surface area (Å²) in [4.78, 5) is 0. The predicted molar refractivity (Wildman–Crippen MR) is 109 cm³/mol. The SMILES string of the molecule is CCCC(C)C(C)(C)c1c(N)ccc(N)c1C(C)(C)C(C)CCC. The molecule has 0 saturated carbocycles. The van der Waals surface area contributed by atoms with Gasteiger partial charge in [-0.3, -0.25) is 0 Å². The Morgan fingerprint density at radius 1 is 0.750 bits per heavy atom. The fourth-order valence-electron chi connectivity index (χ4n) is 4.10. The fourth-order valence-corrected chi connectivity index (χ4v) is 4.10. The molecule has 0 heterocycles. The van der Waals surface area contributed by atoms with Crippen LogP contribution in [0.5, 0.6) is 0 Å². The van der Waals surface area contributed by atoms with Crippen molar-refractivity contribution in [1.29, 1.82) is 0 Å². The number of benzene rings is 1. The molecule has 1 aromatic rings. The summed E-state index contributed by atoms with van der Waals surface area (Å²) >= 11 is 0. The maximum atomic E-state index is 6.53. The van der Waals surface area contributed by atoms with Crippen molar-refractivity contribution in [3.63, 3.8) is 0 Å². The highest BCUT2D eigenvalue weighted by atomic mass is 14.6. The van der Waals surface area contributed by atoms with E-state index in [0.717, 1.165) is 11.4 Å². The average Bonchev–Trinajstić information content (AvgIpc) is 2.49. The highest BCUT2D eigenvalue weighted by Crippen LogP contribution is 2.48. The van der Waals surface area contributed by atoms with Crippen LogP contribution in [0.25, 0.3) is 0 Å². The highest BCUT2D eigenvalue weighted by molar-refractivity contribution is 5.67. The van der Waals surface area contributed by atoms with Gasteiger partial charge in [-0.1, -0.05) is 81.1 Å². The second-order valence-electron chi connectivity index (χ2n) is 8.82. The van der Waals surface area contributed by atoms with E-state index in [-0.39, 0.29) is 10.8 Å². The largest absolute Gasteiger partial charge is 0.398 e. The van der Waals surface area contributed by atoms with Crippen molar-refractivity contribution in [2.24, 2.45) is 11.8 Å². The Morgan fingerprint density at radius 2 is 1.04 bits per heavy atom. The molecule has 4 N–H and O–H groups in total. The maximum absolute atomic E-state index is 6.53. The molecule has 0 aliphatic rings. The molecule has 0 spiro atoms. The van der Waals surface area contributed by atoms with E-state index >= 15 is 0 Å². The van der Waals surface area contributed by atoms with Crippen LogP contribution in [0.4, 0.5) is 11.4 Å². The molecular weight excluding hydrogens is 292 g/mol. The molecule has 24 heavy (non-hydrogen) atoms. The van der Waals surface area contributed by atoms with Crippen molar-refractivity contribution >= 4 is 11.4 Å². The Labute approximate surface area is 150 Å². The van der Waals surface area contributed by atoms with Crippen LogP contribution in [0, 0.1) is 11.8 Å². The van der Waals surface area contributed by atoms with Crippen LogP contribution >= 0.6 is 0 Å². The summed E-state index contributed by atoms with van der Waals surface area (Å²) in [7, 11) is 0. The van der Waals surface area contributed by atoms with Crippen molar-refractivity contribution in [2.75, 3.05) is 11.5 Å². The van der Waals surface area contributed by atoms with E-state index in [9.17, 15) is 0 Å². The first-order chi connectivity index (χ1) is 11.0. The predicted octanol–water partition coefficient (Wildman–Crippen LogP) is 6.28. The number of nitrogens with two attached hydrogens (primary N) is 2. The smallest absolute Gasteiger partial charge is 0.0356 e. The van der Waals surface area contributed by atoms with E-state index in [1.54, 1.807) is 0 Å². The van der Waals surface area contributed by atoms with Crippen LogP contribution in [0.1, 0.15) is 92.2 Å². The van der Waals surface area contributed by atoms with Gasteiger partial charge >= 0.3 is 0 Å². The van der Waals surface area contributed by atoms with E-state index in [1.807, 2.05) is 12.1 Å². The number of hydrogen-bond donors (Lipinski definition) is 2. The normalized spacial score (nSPS) is 15.3. The van der Waals surface area contributed by atoms with Crippen LogP contribution in [0.2, 0.25) is 0 Å². The van der Waals surface area contributed by atoms with Gasteiger partial charge in [-0.05, 0) is 45.9 Å². The van der Waals surface area contributed by atoms with Gasteiger partial charge in [0.2, 0.25) is 0 Å². The van der Waals surface area contributed by atoms with Gasteiger partial charge in [0.1, 0.15) is 0 Å². The van der Waals surface area contributed by atoms with Crippen molar-refractivity contribution in [3.8, 4) is 0 Å². The van der Waals surface area contributed by atoms with E-state index in [2.05, 4.69) is 55.4 Å². The zero-order chi connectivity index (χ0) is 18.7. The second-order valence-corrected chi connectivity index (χ2v) is 8.82. The first kappa shape index (κ1) is 20.9. The van der Waals surface area contributed by atoms with Gasteiger partial charge in [0.25, 0.3) is 0 Å². The molecule has 0 bridgehead atoms. The molecule has 2 nitrogen and oxygen atoms in total. The van der Waals surface area contributed by atoms with Crippen molar-refractivity contribution in [2.45, 2.75) is 91.9 Å². The van der Waals surface area contributed by atoms with E-state index in [4.69, 9.17) is 11.5 Å². The van der Waals surface area contributed by atoms with E-state index < -0.39 is 0 Å². The van der Waals surface area contributed by atoms with Gasteiger partial charge in [0.05, 0.1) is 0 Å². The summed E-state index contributed by atoms with van der Waals surface area (Å²) in [5.74, 6) is 1.12. The van der Waals surface area contributed by atoms with Gasteiger partial charge < -0.3 is 11.5 Å². The minimum Gasteiger partial charge on any atom is -0.398 e. The Bertz CT molecular complexity index is 494. The van der Waals surface area contributed by atoms with Gasteiger partial charge in [-0.15, -0.1) is 0 Å². The van der Waals surface area contributed by atoms with Crippen molar-refractivity contribution in [3.05, 3.63) is 23.3 Å². The van der Waals surface area contributed by atoms with Gasteiger partial charge in [0.15, 0.2) is 0 Å². The van der Waals surface area contributed by atoms with Gasteiger partial charge in [0, 0.05) is 11.4 Å². The Balaban J connectivity index is 3.60. The lowest BCUT2D eigenvalue weighted by molar-refractivity contribution is 0.292. The van der Waals surface area contributed by atoms with E-state index in [1.165, 1.54) is 36.8 Å². The summed E-state index contributed by atoms with van der Waals surface area (Å²) in [6, 6.07) is 3.99. The number of hydrogen-bond acceptors (Lipinski definition) is 2. The highest BCUT2D eigenvalue weighted by Gasteiger charge is 2.39. The third kappa shape index (κ3) is 3.90. The summed E-state index contributed by atoms with van der Waals surface area (Å²) < 4.78 is 0. The first-order valence-electron chi connectivity index (χ1n) is 9.70. The zero-order valence-electron chi connectivity index (χ0n) is 17.3. The molecular formula is C22H40N2. The van der Waals surface area contributed by atoms with E-state index in [0.29, 0.717) is 11.8 Å². The molecule has 1 aromatic carbocycles. The third-order valence-corrected chi connectivity index (χ3v) is 6.47. The maximum Gasteiger partial charge on any atom is 0.0356 e. The molecule has 0 aromatic heterocycles. The Morgan fingerprint density at radius 3 is 1.29 bits per heavy atom. The lowest BCUT2D eigenvalue weighted by Gasteiger charge is -2.42. The minimum atomic E-state index is 0.00795. The van der Waals surface area contributed by atoms with Gasteiger partial charge in [-0.2, -0.15) is 0 Å². The van der Waals surface area contributed by atoms with Crippen LogP contribution < -0.4 is 11.5 Å². The number of nitrogen functional groups attached to an aromatic ring is 2. The molecule has 0 amide bonds. The molecule has 2 unspecified atom stereocenters. The first-order valence-corrected chi connectivity index (χ1v) is 9.70. The third-order valence-electron chi connectivity index (χ3n) is 6.47. The standard InChI is InChI=1S/C22H40N2/c1-9-11-15(3)21(5,6)19-17(23)13-14-18(24)20(19)22(7,8)16(4)12-10-2/h13-16H,9-12,23-24H2,1-8H3. The molecule has 0 saturated heterocycles. The minimum absolute atomic E-state index is 0.00795. The molecule has 0 radical (unpaired) electrons. The lowest BCUT2D eigenvalue weighted by atomic mass is 9.63. The summed E-state index contributed by atoms with van der Waals surface area (Å²) in [6.07, 6.45) is 4.78. The van der Waals surface area contributed by atoms with Crippen LogP contribution in [0.15, 0.2) is 12.1 Å². The lowest BCUT2D eigenvalue weighted by Crippen LogP contribution is -2.36. The fraction of sp³-hybridized carbons (Fsp3) is 0.727. The molecule has 1 rings (SSSR count). The topological polar surface area (TPSA) is 52.0 Å². The van der Waals surface area contributed by atoms with Crippen LogP contribution in [-0.2, 0) is 10.8 Å². The molecule has 2 atom stereocenters. The van der Waals surface area contributed by atoms with Crippen LogP contribution in [-0.4, -0.2) is 0 Å². The van der Waals surface area contributed by atoms with Gasteiger partial charge in [-0.25, -0.2) is 0 Å². The molecule has 0 aliphatic carbocycles. The molecule has 0 fully saturated rings. The zero-order valence-corrected chi connectivity index (χ0v) is 17.3. The summed E-state index contributed by atoms with van der Waals surface area (Å²) in [5.41, 5.74) is 17.4. The van der Waals surface area contributed by atoms with Crippen molar-refractivity contribution in [1.82, 2.24) is 0 Å². The van der Waals surface area contributed by atoms with Crippen molar-refractivity contribution < 1.29 is 0 Å². The monoisotopic (exact) mass is 332 g/mol. The molecule has 138 valence electrons. The Kier molecular flexibility index (Phi) is 6.78. The molecule has 0 aliphatic heterocycles.